The lowest BCUT2D eigenvalue weighted by Crippen LogP contribution is -1.93. The van der Waals surface area contributed by atoms with E-state index in [1.165, 1.54) is 18.2 Å². The zero-order chi connectivity index (χ0) is 9.68. The van der Waals surface area contributed by atoms with E-state index in [2.05, 4.69) is 0 Å². The van der Waals surface area contributed by atoms with Crippen LogP contribution in [-0.2, 0) is 5.75 Å². The summed E-state index contributed by atoms with van der Waals surface area (Å²) in [7, 11) is 0. The number of benzene rings is 1. The Bertz CT molecular complexity index is 253. The Morgan fingerprint density at radius 2 is 1.85 bits per heavy atom. The van der Waals surface area contributed by atoms with Crippen LogP contribution in [0.2, 0.25) is 0 Å². The molecule has 0 saturated heterocycles. The molecule has 0 atom stereocenters. The zero-order valence-electron chi connectivity index (χ0n) is 7.52. The highest BCUT2D eigenvalue weighted by Gasteiger charge is 2.06. The van der Waals surface area contributed by atoms with Crippen molar-refractivity contribution in [3.63, 3.8) is 0 Å². The molecule has 1 aromatic carbocycles. The Hall–Kier alpha value is -0.570. The Kier molecular flexibility index (Phi) is 4.22. The molecule has 1 rings (SSSR count). The Morgan fingerprint density at radius 1 is 1.23 bits per heavy atom. The summed E-state index contributed by atoms with van der Waals surface area (Å²) in [5, 5.41) is 0. The van der Waals surface area contributed by atoms with Gasteiger partial charge in [-0.15, -0.1) is 0 Å². The molecule has 0 aliphatic rings. The van der Waals surface area contributed by atoms with Crippen molar-refractivity contribution in [2.45, 2.75) is 19.1 Å². The summed E-state index contributed by atoms with van der Waals surface area (Å²) in [4.78, 5) is 0. The minimum atomic E-state index is -0.441. The van der Waals surface area contributed by atoms with Crippen LogP contribution in [0.4, 0.5) is 8.78 Å². The molecule has 0 nitrogen and oxygen atoms in total. The molecule has 0 amide bonds. The van der Waals surface area contributed by atoms with Gasteiger partial charge in [-0.1, -0.05) is 13.0 Å². The summed E-state index contributed by atoms with van der Waals surface area (Å²) < 4.78 is 26.0. The summed E-state index contributed by atoms with van der Waals surface area (Å²) in [6, 6.07) is 3.98. The van der Waals surface area contributed by atoms with Gasteiger partial charge in [-0.05, 0) is 24.3 Å². The van der Waals surface area contributed by atoms with Crippen LogP contribution in [0.3, 0.4) is 0 Å². The SMILES string of the molecule is CCCSCc1c(F)cccc1F. The number of thioether (sulfide) groups is 1. The first-order valence-corrected chi connectivity index (χ1v) is 5.41. The molecule has 1 aromatic rings. The third kappa shape index (κ3) is 2.99. The molecule has 0 spiro atoms. The van der Waals surface area contributed by atoms with Gasteiger partial charge in [0.05, 0.1) is 0 Å². The van der Waals surface area contributed by atoms with E-state index in [4.69, 9.17) is 0 Å². The molecule has 0 unspecified atom stereocenters. The molecule has 0 bridgehead atoms. The molecule has 0 aliphatic heterocycles. The smallest absolute Gasteiger partial charge is 0.130 e. The van der Waals surface area contributed by atoms with E-state index >= 15 is 0 Å². The summed E-state index contributed by atoms with van der Waals surface area (Å²) in [6.45, 7) is 2.05. The highest BCUT2D eigenvalue weighted by Crippen LogP contribution is 2.19. The monoisotopic (exact) mass is 202 g/mol. The second-order valence-corrected chi connectivity index (χ2v) is 3.86. The van der Waals surface area contributed by atoms with E-state index in [0.29, 0.717) is 5.75 Å². The molecule has 0 heterocycles. The molecular formula is C10H12F2S. The van der Waals surface area contributed by atoms with Crippen molar-refractivity contribution in [3.8, 4) is 0 Å². The summed E-state index contributed by atoms with van der Waals surface area (Å²) >= 11 is 1.55. The van der Waals surface area contributed by atoms with E-state index in [1.54, 1.807) is 11.8 Å². The van der Waals surface area contributed by atoms with Gasteiger partial charge in [0, 0.05) is 11.3 Å². The average molecular weight is 202 g/mol. The highest BCUT2D eigenvalue weighted by molar-refractivity contribution is 7.98. The van der Waals surface area contributed by atoms with Crippen molar-refractivity contribution in [2.75, 3.05) is 5.75 Å². The lowest BCUT2D eigenvalue weighted by Gasteiger charge is -2.03. The molecule has 0 fully saturated rings. The Balaban J connectivity index is 2.64. The van der Waals surface area contributed by atoms with Crippen LogP contribution in [0.25, 0.3) is 0 Å². The molecule has 0 aromatic heterocycles. The van der Waals surface area contributed by atoms with Gasteiger partial charge in [-0.2, -0.15) is 11.8 Å². The quantitative estimate of drug-likeness (QED) is 0.672. The maximum absolute atomic E-state index is 13.0. The highest BCUT2D eigenvalue weighted by atomic mass is 32.2. The van der Waals surface area contributed by atoms with Crippen molar-refractivity contribution in [2.24, 2.45) is 0 Å². The van der Waals surface area contributed by atoms with Gasteiger partial charge in [-0.3, -0.25) is 0 Å². The molecule has 0 saturated carbocycles. The number of halogens is 2. The molecule has 72 valence electrons. The minimum Gasteiger partial charge on any atom is -0.207 e. The minimum absolute atomic E-state index is 0.195. The van der Waals surface area contributed by atoms with E-state index in [1.807, 2.05) is 6.92 Å². The first-order valence-electron chi connectivity index (χ1n) is 4.26. The summed E-state index contributed by atoms with van der Waals surface area (Å²) in [5.74, 6) is 0.479. The van der Waals surface area contributed by atoms with E-state index < -0.39 is 11.6 Å². The first-order chi connectivity index (χ1) is 6.25. The van der Waals surface area contributed by atoms with Gasteiger partial charge in [-0.25, -0.2) is 8.78 Å². The van der Waals surface area contributed by atoms with Crippen molar-refractivity contribution in [1.82, 2.24) is 0 Å². The molecule has 0 aliphatic carbocycles. The predicted molar refractivity (Wildman–Crippen MR) is 52.8 cm³/mol. The van der Waals surface area contributed by atoms with Crippen LogP contribution in [0.1, 0.15) is 18.9 Å². The van der Waals surface area contributed by atoms with Gasteiger partial charge in [0.2, 0.25) is 0 Å². The first kappa shape index (κ1) is 10.5. The standard InChI is InChI=1S/C10H12F2S/c1-2-6-13-7-8-9(11)4-3-5-10(8)12/h3-5H,2,6-7H2,1H3. The van der Waals surface area contributed by atoms with Crippen LogP contribution in [-0.4, -0.2) is 5.75 Å². The lowest BCUT2D eigenvalue weighted by atomic mass is 10.2. The second-order valence-electron chi connectivity index (χ2n) is 2.75. The van der Waals surface area contributed by atoms with Crippen LogP contribution in [0, 0.1) is 11.6 Å². The fourth-order valence-electron chi connectivity index (χ4n) is 0.989. The van der Waals surface area contributed by atoms with Crippen LogP contribution in [0.15, 0.2) is 18.2 Å². The van der Waals surface area contributed by atoms with Crippen LogP contribution >= 0.6 is 11.8 Å². The average Bonchev–Trinajstić information content (AvgIpc) is 2.10. The summed E-state index contributed by atoms with van der Waals surface area (Å²) in [5.41, 5.74) is 0.195. The number of hydrogen-bond acceptors (Lipinski definition) is 1. The topological polar surface area (TPSA) is 0 Å². The molecular weight excluding hydrogens is 190 g/mol. The molecule has 13 heavy (non-hydrogen) atoms. The van der Waals surface area contributed by atoms with E-state index in [-0.39, 0.29) is 5.56 Å². The van der Waals surface area contributed by atoms with Gasteiger partial charge in [0.1, 0.15) is 11.6 Å². The van der Waals surface area contributed by atoms with Crippen LogP contribution in [0.5, 0.6) is 0 Å². The Labute approximate surface area is 81.3 Å². The van der Waals surface area contributed by atoms with Crippen molar-refractivity contribution >= 4 is 11.8 Å². The van der Waals surface area contributed by atoms with E-state index in [9.17, 15) is 8.78 Å². The molecule has 3 heteroatoms. The maximum atomic E-state index is 13.0. The van der Waals surface area contributed by atoms with Gasteiger partial charge in [0.15, 0.2) is 0 Å². The maximum Gasteiger partial charge on any atom is 0.130 e. The normalized spacial score (nSPS) is 10.4. The predicted octanol–water partition coefficient (Wildman–Crippen LogP) is 3.61. The Morgan fingerprint density at radius 3 is 2.38 bits per heavy atom. The van der Waals surface area contributed by atoms with Crippen molar-refractivity contribution < 1.29 is 8.78 Å². The fraction of sp³-hybridized carbons (Fsp3) is 0.400. The fourth-order valence-corrected chi connectivity index (χ4v) is 1.90. The van der Waals surface area contributed by atoms with E-state index in [0.717, 1.165) is 12.2 Å². The zero-order valence-corrected chi connectivity index (χ0v) is 8.33. The number of hydrogen-bond donors (Lipinski definition) is 0. The third-order valence-corrected chi connectivity index (χ3v) is 2.85. The largest absolute Gasteiger partial charge is 0.207 e. The second kappa shape index (κ2) is 5.22. The third-order valence-electron chi connectivity index (χ3n) is 1.66. The van der Waals surface area contributed by atoms with Crippen molar-refractivity contribution in [1.29, 1.82) is 0 Å². The van der Waals surface area contributed by atoms with Crippen molar-refractivity contribution in [3.05, 3.63) is 35.4 Å². The van der Waals surface area contributed by atoms with Gasteiger partial charge < -0.3 is 0 Å². The van der Waals surface area contributed by atoms with Gasteiger partial charge in [0.25, 0.3) is 0 Å². The number of rotatable bonds is 4. The lowest BCUT2D eigenvalue weighted by molar-refractivity contribution is 0.566. The van der Waals surface area contributed by atoms with Crippen LogP contribution < -0.4 is 0 Å². The molecule has 0 radical (unpaired) electrons. The van der Waals surface area contributed by atoms with Gasteiger partial charge >= 0.3 is 0 Å². The molecule has 0 N–H and O–H groups in total. The summed E-state index contributed by atoms with van der Waals surface area (Å²) in [6.07, 6.45) is 1.03.